The maximum atomic E-state index is 12.8. The number of ether oxygens (including phenoxy) is 1. The van der Waals surface area contributed by atoms with E-state index in [1.165, 1.54) is 13.8 Å². The third-order valence-corrected chi connectivity index (χ3v) is 4.53. The van der Waals surface area contributed by atoms with Crippen LogP contribution in [0.2, 0.25) is 0 Å². The monoisotopic (exact) mass is 366 g/mol. The summed E-state index contributed by atoms with van der Waals surface area (Å²) in [5.74, 6) is -0.257. The average molecular weight is 366 g/mol. The first-order valence-electron chi connectivity index (χ1n) is 8.82. The number of carbonyl (C=O) groups excluding carboxylic acids is 3. The molecule has 6 heteroatoms. The summed E-state index contributed by atoms with van der Waals surface area (Å²) in [6.07, 6.45) is 0.804. The molecule has 0 radical (unpaired) electrons. The third-order valence-electron chi connectivity index (χ3n) is 4.53. The van der Waals surface area contributed by atoms with E-state index in [2.05, 4.69) is 5.32 Å². The van der Waals surface area contributed by atoms with Crippen LogP contribution in [0.3, 0.4) is 0 Å². The van der Waals surface area contributed by atoms with Gasteiger partial charge in [-0.2, -0.15) is 0 Å². The van der Waals surface area contributed by atoms with Crippen molar-refractivity contribution in [2.45, 2.75) is 33.2 Å². The molecule has 3 rings (SSSR count). The topological polar surface area (TPSA) is 75.7 Å². The fourth-order valence-electron chi connectivity index (χ4n) is 3.31. The predicted molar refractivity (Wildman–Crippen MR) is 103 cm³/mol. The van der Waals surface area contributed by atoms with E-state index in [0.29, 0.717) is 17.0 Å². The Balaban J connectivity index is 1.79. The van der Waals surface area contributed by atoms with Crippen molar-refractivity contribution in [3.05, 3.63) is 53.6 Å². The molecule has 0 aromatic heterocycles. The summed E-state index contributed by atoms with van der Waals surface area (Å²) in [5, 5.41) is 2.66. The highest BCUT2D eigenvalue weighted by molar-refractivity contribution is 5.98. The van der Waals surface area contributed by atoms with Crippen molar-refractivity contribution in [1.82, 2.24) is 0 Å². The van der Waals surface area contributed by atoms with E-state index in [1.807, 2.05) is 31.2 Å². The van der Waals surface area contributed by atoms with Crippen molar-refractivity contribution < 1.29 is 19.1 Å². The zero-order valence-corrected chi connectivity index (χ0v) is 15.6. The molecule has 0 saturated heterocycles. The molecule has 1 aliphatic heterocycles. The largest absolute Gasteiger partial charge is 0.482 e. The van der Waals surface area contributed by atoms with Crippen molar-refractivity contribution in [3.8, 4) is 5.75 Å². The lowest BCUT2D eigenvalue weighted by Crippen LogP contribution is -2.39. The molecular formula is C21H22N2O4. The molecule has 0 bridgehead atoms. The molecule has 1 heterocycles. The van der Waals surface area contributed by atoms with Gasteiger partial charge in [-0.1, -0.05) is 18.2 Å². The number of ketones is 1. The normalized spacial score (nSPS) is 15.2. The van der Waals surface area contributed by atoms with Crippen molar-refractivity contribution >= 4 is 29.0 Å². The number of Topliss-reactive ketones (excluding diaryl/α,β-unsaturated/α-hetero) is 1. The Kier molecular flexibility index (Phi) is 5.26. The second-order valence-corrected chi connectivity index (χ2v) is 6.68. The van der Waals surface area contributed by atoms with Gasteiger partial charge in [-0.15, -0.1) is 0 Å². The highest BCUT2D eigenvalue weighted by Gasteiger charge is 2.30. The van der Waals surface area contributed by atoms with Gasteiger partial charge >= 0.3 is 0 Å². The second kappa shape index (κ2) is 7.61. The molecular weight excluding hydrogens is 344 g/mol. The van der Waals surface area contributed by atoms with Gasteiger partial charge in [-0.3, -0.25) is 14.4 Å². The number of fused-ring (bicyclic) bond motifs is 1. The van der Waals surface area contributed by atoms with E-state index in [1.54, 1.807) is 23.1 Å². The lowest BCUT2D eigenvalue weighted by Gasteiger charge is -2.23. The van der Waals surface area contributed by atoms with Crippen LogP contribution in [0.4, 0.5) is 11.4 Å². The summed E-state index contributed by atoms with van der Waals surface area (Å²) in [5.41, 5.74) is 2.91. The number of rotatable bonds is 5. The molecule has 2 aromatic rings. The molecule has 2 amide bonds. The molecule has 0 saturated carbocycles. The van der Waals surface area contributed by atoms with E-state index >= 15 is 0 Å². The molecule has 1 atom stereocenters. The SMILES string of the molecule is CC(=O)Nc1ccc(C(C)=O)cc1OCC(=O)N1c2ccccc2CC1C. The van der Waals surface area contributed by atoms with Gasteiger partial charge in [0.2, 0.25) is 5.91 Å². The maximum absolute atomic E-state index is 12.8. The van der Waals surface area contributed by atoms with Crippen molar-refractivity contribution in [2.75, 3.05) is 16.8 Å². The van der Waals surface area contributed by atoms with Crippen LogP contribution in [0.1, 0.15) is 36.7 Å². The minimum atomic E-state index is -0.260. The van der Waals surface area contributed by atoms with Crippen LogP contribution in [0.5, 0.6) is 5.75 Å². The van der Waals surface area contributed by atoms with Gasteiger partial charge in [-0.25, -0.2) is 0 Å². The van der Waals surface area contributed by atoms with E-state index < -0.39 is 0 Å². The maximum Gasteiger partial charge on any atom is 0.265 e. The Bertz CT molecular complexity index is 907. The van der Waals surface area contributed by atoms with E-state index in [9.17, 15) is 14.4 Å². The number of nitrogens with one attached hydrogen (secondary N) is 1. The van der Waals surface area contributed by atoms with Gasteiger partial charge < -0.3 is 15.0 Å². The Morgan fingerprint density at radius 1 is 1.15 bits per heavy atom. The number of anilines is 2. The fourth-order valence-corrected chi connectivity index (χ4v) is 3.31. The molecule has 27 heavy (non-hydrogen) atoms. The Hall–Kier alpha value is -3.15. The van der Waals surface area contributed by atoms with Gasteiger partial charge in [-0.05, 0) is 50.1 Å². The zero-order chi connectivity index (χ0) is 19.6. The zero-order valence-electron chi connectivity index (χ0n) is 15.6. The molecule has 0 spiro atoms. The molecule has 2 aromatic carbocycles. The standard InChI is InChI=1S/C21H22N2O4/c1-13-10-17-6-4-5-7-19(17)23(13)21(26)12-27-20-11-16(14(2)24)8-9-18(20)22-15(3)25/h4-9,11,13H,10,12H2,1-3H3,(H,22,25). The Morgan fingerprint density at radius 3 is 2.59 bits per heavy atom. The first kappa shape index (κ1) is 18.6. The highest BCUT2D eigenvalue weighted by atomic mass is 16.5. The first-order valence-corrected chi connectivity index (χ1v) is 8.82. The molecule has 1 aliphatic rings. The molecule has 140 valence electrons. The summed E-state index contributed by atoms with van der Waals surface area (Å²) < 4.78 is 5.71. The molecule has 1 N–H and O–H groups in total. The van der Waals surface area contributed by atoms with Gasteiger partial charge in [0.25, 0.3) is 5.91 Å². The van der Waals surface area contributed by atoms with Gasteiger partial charge in [0.15, 0.2) is 12.4 Å². The number of hydrogen-bond acceptors (Lipinski definition) is 4. The molecule has 0 aliphatic carbocycles. The predicted octanol–water partition coefficient (Wildman–Crippen LogP) is 3.20. The molecule has 1 unspecified atom stereocenters. The second-order valence-electron chi connectivity index (χ2n) is 6.68. The number of para-hydroxylation sites is 1. The summed E-state index contributed by atoms with van der Waals surface area (Å²) in [6.45, 7) is 4.64. The van der Waals surface area contributed by atoms with Crippen LogP contribution in [0.15, 0.2) is 42.5 Å². The lowest BCUT2D eigenvalue weighted by atomic mass is 10.1. The molecule has 6 nitrogen and oxygen atoms in total. The van der Waals surface area contributed by atoms with Crippen LogP contribution >= 0.6 is 0 Å². The fraction of sp³-hybridized carbons (Fsp3) is 0.286. The smallest absolute Gasteiger partial charge is 0.265 e. The third kappa shape index (κ3) is 4.00. The van der Waals surface area contributed by atoms with Crippen molar-refractivity contribution in [1.29, 1.82) is 0 Å². The number of benzene rings is 2. The first-order chi connectivity index (χ1) is 12.9. The number of amides is 2. The van der Waals surface area contributed by atoms with Crippen LogP contribution in [-0.4, -0.2) is 30.2 Å². The Labute approximate surface area is 158 Å². The summed E-state index contributed by atoms with van der Waals surface area (Å²) >= 11 is 0. The number of nitrogens with zero attached hydrogens (tertiary/aromatic N) is 1. The van der Waals surface area contributed by atoms with Crippen LogP contribution < -0.4 is 15.0 Å². The van der Waals surface area contributed by atoms with Crippen molar-refractivity contribution in [2.24, 2.45) is 0 Å². The summed E-state index contributed by atoms with van der Waals surface area (Å²) in [6, 6.07) is 12.6. The quantitative estimate of drug-likeness (QED) is 0.825. The Morgan fingerprint density at radius 2 is 1.89 bits per heavy atom. The van der Waals surface area contributed by atoms with E-state index in [4.69, 9.17) is 4.74 Å². The average Bonchev–Trinajstić information content (AvgIpc) is 2.95. The van der Waals surface area contributed by atoms with Crippen LogP contribution in [0.25, 0.3) is 0 Å². The van der Waals surface area contributed by atoms with Gasteiger partial charge in [0.1, 0.15) is 5.75 Å². The van der Waals surface area contributed by atoms with Gasteiger partial charge in [0.05, 0.1) is 5.69 Å². The van der Waals surface area contributed by atoms with Gasteiger partial charge in [0, 0.05) is 24.2 Å². The number of carbonyl (C=O) groups is 3. The lowest BCUT2D eigenvalue weighted by molar-refractivity contribution is -0.120. The van der Waals surface area contributed by atoms with Crippen LogP contribution in [-0.2, 0) is 16.0 Å². The van der Waals surface area contributed by atoms with Crippen LogP contribution in [0, 0.1) is 0 Å². The molecule has 0 fully saturated rings. The van der Waals surface area contributed by atoms with E-state index in [0.717, 1.165) is 17.7 Å². The van der Waals surface area contributed by atoms with E-state index in [-0.39, 0.29) is 30.2 Å². The summed E-state index contributed by atoms with van der Waals surface area (Å²) in [7, 11) is 0. The number of hydrogen-bond donors (Lipinski definition) is 1. The minimum Gasteiger partial charge on any atom is -0.482 e. The van der Waals surface area contributed by atoms with Crippen molar-refractivity contribution in [3.63, 3.8) is 0 Å². The summed E-state index contributed by atoms with van der Waals surface area (Å²) in [4.78, 5) is 37.6. The minimum absolute atomic E-state index is 0.0527. The highest BCUT2D eigenvalue weighted by Crippen LogP contribution is 2.32.